The van der Waals surface area contributed by atoms with Crippen molar-refractivity contribution in [2.24, 2.45) is 0 Å². The number of aldehydes is 1. The van der Waals surface area contributed by atoms with E-state index in [4.69, 9.17) is 0 Å². The molecule has 3 rings (SSSR count). The number of Topliss-reactive ketones (excluding diaryl/α,β-unsaturated/α-hetero) is 1. The van der Waals surface area contributed by atoms with Crippen molar-refractivity contribution in [1.29, 1.82) is 0 Å². The number of hydrogen-bond acceptors (Lipinski definition) is 2. The molecule has 0 heterocycles. The van der Waals surface area contributed by atoms with Crippen LogP contribution in [0.2, 0.25) is 0 Å². The van der Waals surface area contributed by atoms with Gasteiger partial charge in [-0.05, 0) is 88.5 Å². The molecule has 0 amide bonds. The molecule has 0 aromatic heterocycles. The van der Waals surface area contributed by atoms with Gasteiger partial charge in [0.15, 0.2) is 12.1 Å². The molecule has 0 spiro atoms. The molecule has 0 aliphatic heterocycles. The molecule has 4 heteroatoms. The highest BCUT2D eigenvalue weighted by Crippen LogP contribution is 2.29. The Labute approximate surface area is 215 Å². The fraction of sp³-hybridized carbons (Fsp3) is 0.310. The molecule has 0 aliphatic rings. The van der Waals surface area contributed by atoms with Crippen LogP contribution in [0.25, 0.3) is 0 Å². The first-order valence-corrected chi connectivity index (χ1v) is 12.5. The van der Waals surface area contributed by atoms with Gasteiger partial charge in [0.05, 0.1) is 0 Å². The Hall–Kier alpha value is -2.04. The van der Waals surface area contributed by atoms with Gasteiger partial charge < -0.3 is 0 Å². The van der Waals surface area contributed by atoms with Gasteiger partial charge in [-0.15, -0.1) is 0 Å². The topological polar surface area (TPSA) is 34.1 Å². The Morgan fingerprint density at radius 1 is 0.818 bits per heavy atom. The third kappa shape index (κ3) is 6.74. The molecule has 0 unspecified atom stereocenters. The van der Waals surface area contributed by atoms with Crippen LogP contribution in [0.15, 0.2) is 57.5 Å². The number of carbonyl (C=O) groups is 2. The lowest BCUT2D eigenvalue weighted by Gasteiger charge is -2.19. The van der Waals surface area contributed by atoms with Gasteiger partial charge in [-0.3, -0.25) is 9.59 Å². The van der Waals surface area contributed by atoms with Crippen molar-refractivity contribution in [2.45, 2.75) is 60.3 Å². The summed E-state index contributed by atoms with van der Waals surface area (Å²) in [5.41, 5.74) is 8.71. The summed E-state index contributed by atoms with van der Waals surface area (Å²) >= 11 is 6.87. The van der Waals surface area contributed by atoms with Gasteiger partial charge in [0.25, 0.3) is 0 Å². The predicted octanol–water partition coefficient (Wildman–Crippen LogP) is 8.67. The molecular weight excluding hydrogens is 540 g/mol. The number of carbonyl (C=O) groups excluding carboxylic acids is 2. The van der Waals surface area contributed by atoms with E-state index < -0.39 is 0 Å². The minimum Gasteiger partial charge on any atom is -0.298 e. The summed E-state index contributed by atoms with van der Waals surface area (Å²) in [6.45, 7) is 14.7. The molecule has 2 nitrogen and oxygen atoms in total. The average Bonchev–Trinajstić information content (AvgIpc) is 2.77. The summed E-state index contributed by atoms with van der Waals surface area (Å²) in [4.78, 5) is 23.1. The van der Waals surface area contributed by atoms with Gasteiger partial charge in [0.1, 0.15) is 0 Å². The molecule has 0 N–H and O–H groups in total. The predicted molar refractivity (Wildman–Crippen MR) is 146 cm³/mol. The third-order valence-corrected chi connectivity index (χ3v) is 7.85. The molecule has 0 fully saturated rings. The first-order chi connectivity index (χ1) is 15.4. The lowest BCUT2D eigenvalue weighted by molar-refractivity contribution is 0.0991. The molecule has 3 aromatic carbocycles. The summed E-state index contributed by atoms with van der Waals surface area (Å²) in [6.07, 6.45) is 1.35. The average molecular weight is 572 g/mol. The Morgan fingerprint density at radius 2 is 1.36 bits per heavy atom. The SMILES string of the molecule is CC(C)(C)c1ccc(CC(=O)c2ccccc2Br)cc1.Cc1c(C)c(C)c(C=O)c(Br)c1C. The Balaban J connectivity index is 0.000000257. The Bertz CT molecular complexity index is 1120. The van der Waals surface area contributed by atoms with Gasteiger partial charge in [-0.1, -0.05) is 79.2 Å². The molecule has 3 aromatic rings. The van der Waals surface area contributed by atoms with E-state index in [1.54, 1.807) is 0 Å². The molecule has 0 aliphatic carbocycles. The van der Waals surface area contributed by atoms with Crippen molar-refractivity contribution in [1.82, 2.24) is 0 Å². The van der Waals surface area contributed by atoms with Crippen molar-refractivity contribution in [3.05, 3.63) is 102 Å². The Morgan fingerprint density at radius 3 is 1.88 bits per heavy atom. The molecule has 0 saturated carbocycles. The molecule has 0 saturated heterocycles. The molecule has 174 valence electrons. The van der Waals surface area contributed by atoms with E-state index in [1.165, 1.54) is 16.7 Å². The maximum Gasteiger partial charge on any atom is 0.168 e. The maximum absolute atomic E-state index is 12.3. The fourth-order valence-electron chi connectivity index (χ4n) is 3.53. The number of halogens is 2. The zero-order chi connectivity index (χ0) is 24.9. The molecular formula is C29H32Br2O2. The summed E-state index contributed by atoms with van der Waals surface area (Å²) < 4.78 is 1.79. The maximum atomic E-state index is 12.3. The second-order valence-electron chi connectivity index (χ2n) is 9.37. The van der Waals surface area contributed by atoms with Gasteiger partial charge in [-0.25, -0.2) is 0 Å². The first-order valence-electron chi connectivity index (χ1n) is 11.0. The minimum atomic E-state index is 0.140. The zero-order valence-corrected chi connectivity index (χ0v) is 23.6. The highest BCUT2D eigenvalue weighted by atomic mass is 79.9. The normalized spacial score (nSPS) is 10.9. The molecule has 0 radical (unpaired) electrons. The zero-order valence-electron chi connectivity index (χ0n) is 20.5. The van der Waals surface area contributed by atoms with Crippen molar-refractivity contribution >= 4 is 43.9 Å². The summed E-state index contributed by atoms with van der Waals surface area (Å²) in [6, 6.07) is 15.9. The van der Waals surface area contributed by atoms with Crippen LogP contribution in [0.4, 0.5) is 0 Å². The number of hydrogen-bond donors (Lipinski definition) is 0. The second-order valence-corrected chi connectivity index (χ2v) is 11.0. The summed E-state index contributed by atoms with van der Waals surface area (Å²) in [7, 11) is 0. The summed E-state index contributed by atoms with van der Waals surface area (Å²) in [5, 5.41) is 0. The number of benzene rings is 3. The van der Waals surface area contributed by atoms with Crippen molar-refractivity contribution in [3.63, 3.8) is 0 Å². The highest BCUT2D eigenvalue weighted by molar-refractivity contribution is 9.10. The van der Waals surface area contributed by atoms with E-state index in [0.717, 1.165) is 43.0 Å². The van der Waals surface area contributed by atoms with Crippen LogP contribution in [-0.4, -0.2) is 12.1 Å². The highest BCUT2D eigenvalue weighted by Gasteiger charge is 2.15. The largest absolute Gasteiger partial charge is 0.298 e. The monoisotopic (exact) mass is 570 g/mol. The fourth-order valence-corrected chi connectivity index (χ4v) is 4.72. The van der Waals surface area contributed by atoms with Crippen LogP contribution in [0.3, 0.4) is 0 Å². The lowest BCUT2D eigenvalue weighted by atomic mass is 9.86. The molecule has 0 atom stereocenters. The minimum absolute atomic E-state index is 0.140. The second kappa shape index (κ2) is 11.4. The van der Waals surface area contributed by atoms with E-state index in [1.807, 2.05) is 38.1 Å². The van der Waals surface area contributed by atoms with Crippen LogP contribution in [0.5, 0.6) is 0 Å². The van der Waals surface area contributed by atoms with Gasteiger partial charge >= 0.3 is 0 Å². The third-order valence-electron chi connectivity index (χ3n) is 6.13. The van der Waals surface area contributed by atoms with Crippen molar-refractivity contribution in [3.8, 4) is 0 Å². The molecule has 33 heavy (non-hydrogen) atoms. The smallest absolute Gasteiger partial charge is 0.168 e. The van der Waals surface area contributed by atoms with Crippen LogP contribution >= 0.6 is 31.9 Å². The van der Waals surface area contributed by atoms with Crippen LogP contribution in [-0.2, 0) is 11.8 Å². The van der Waals surface area contributed by atoms with Crippen LogP contribution in [0, 0.1) is 27.7 Å². The quantitative estimate of drug-likeness (QED) is 0.232. The summed E-state index contributed by atoms with van der Waals surface area (Å²) in [5.74, 6) is 0.140. The molecule has 0 bridgehead atoms. The van der Waals surface area contributed by atoms with Gasteiger partial charge in [0, 0.05) is 26.5 Å². The van der Waals surface area contributed by atoms with Gasteiger partial charge in [0.2, 0.25) is 0 Å². The van der Waals surface area contributed by atoms with Gasteiger partial charge in [-0.2, -0.15) is 0 Å². The van der Waals surface area contributed by atoms with E-state index in [2.05, 4.69) is 90.7 Å². The van der Waals surface area contributed by atoms with E-state index in [9.17, 15) is 9.59 Å². The lowest BCUT2D eigenvalue weighted by Crippen LogP contribution is -2.11. The van der Waals surface area contributed by atoms with Crippen LogP contribution in [0.1, 0.15) is 74.9 Å². The number of rotatable bonds is 4. The van der Waals surface area contributed by atoms with E-state index in [-0.39, 0.29) is 11.2 Å². The van der Waals surface area contributed by atoms with Crippen molar-refractivity contribution in [2.75, 3.05) is 0 Å². The Kier molecular flexibility index (Phi) is 9.39. The van der Waals surface area contributed by atoms with E-state index >= 15 is 0 Å². The number of ketones is 1. The first kappa shape index (κ1) is 27.2. The van der Waals surface area contributed by atoms with E-state index in [0.29, 0.717) is 6.42 Å². The standard InChI is InChI=1S/C18H19BrO.C11H13BrO/c1-18(2,3)14-10-8-13(9-11-14)12-17(20)15-6-4-5-7-16(15)19;1-6-7(2)9(4)11(12)10(5-13)8(6)3/h4-11H,12H2,1-3H3;5H,1-4H3. The van der Waals surface area contributed by atoms with Crippen molar-refractivity contribution < 1.29 is 9.59 Å². The van der Waals surface area contributed by atoms with Crippen LogP contribution < -0.4 is 0 Å².